The molecule has 1 rings (SSSR count). The van der Waals surface area contributed by atoms with Gasteiger partial charge in [-0.3, -0.25) is 0 Å². The van der Waals surface area contributed by atoms with Crippen LogP contribution < -0.4 is 5.73 Å². The van der Waals surface area contributed by atoms with Gasteiger partial charge < -0.3 is 5.73 Å². The molecule has 2 N–H and O–H groups in total. The van der Waals surface area contributed by atoms with E-state index in [-0.39, 0.29) is 0 Å². The minimum absolute atomic E-state index is 0.700. The molecule has 1 heteroatoms. The van der Waals surface area contributed by atoms with Gasteiger partial charge in [0.25, 0.3) is 0 Å². The molecule has 0 aromatic carbocycles. The van der Waals surface area contributed by atoms with E-state index >= 15 is 0 Å². The predicted molar refractivity (Wildman–Crippen MR) is 72.4 cm³/mol. The van der Waals surface area contributed by atoms with E-state index in [1.807, 2.05) is 0 Å². The molecule has 1 fully saturated rings. The number of nitrogens with two attached hydrogens (primary N) is 1. The highest BCUT2D eigenvalue weighted by atomic mass is 14.5. The summed E-state index contributed by atoms with van der Waals surface area (Å²) in [6.45, 7) is 3.00. The van der Waals surface area contributed by atoms with E-state index < -0.39 is 0 Å². The van der Waals surface area contributed by atoms with Crippen molar-refractivity contribution < 1.29 is 0 Å². The maximum absolute atomic E-state index is 5.51. The Bertz CT molecular complexity index is 180. The van der Waals surface area contributed by atoms with Gasteiger partial charge >= 0.3 is 0 Å². The zero-order chi connectivity index (χ0) is 11.6. The molecule has 0 heterocycles. The number of hydrogen-bond acceptors (Lipinski definition) is 1. The quantitative estimate of drug-likeness (QED) is 0.641. The van der Waals surface area contributed by atoms with Gasteiger partial charge in [0.05, 0.1) is 0 Å². The molecule has 0 spiro atoms. The van der Waals surface area contributed by atoms with Crippen LogP contribution in [0.3, 0.4) is 0 Å². The largest absolute Gasteiger partial charge is 0.327 e. The SMILES string of the molecule is CCCCC(C/C=C/CN)C1CCCCC1. The molecular formula is C15H29N. The summed E-state index contributed by atoms with van der Waals surface area (Å²) in [7, 11) is 0. The average Bonchev–Trinajstić information content (AvgIpc) is 2.35. The first-order chi connectivity index (χ1) is 7.88. The second-order valence-corrected chi connectivity index (χ2v) is 5.24. The summed E-state index contributed by atoms with van der Waals surface area (Å²) in [6, 6.07) is 0. The van der Waals surface area contributed by atoms with Crippen molar-refractivity contribution in [2.24, 2.45) is 17.6 Å². The number of rotatable bonds is 7. The van der Waals surface area contributed by atoms with Crippen molar-refractivity contribution in [2.45, 2.75) is 64.7 Å². The van der Waals surface area contributed by atoms with Gasteiger partial charge in [-0.1, -0.05) is 64.0 Å². The highest BCUT2D eigenvalue weighted by Crippen LogP contribution is 2.34. The van der Waals surface area contributed by atoms with Crippen molar-refractivity contribution in [1.82, 2.24) is 0 Å². The lowest BCUT2D eigenvalue weighted by Crippen LogP contribution is -2.17. The summed E-state index contributed by atoms with van der Waals surface area (Å²) in [6.07, 6.45) is 17.2. The van der Waals surface area contributed by atoms with Crippen LogP contribution in [-0.4, -0.2) is 6.54 Å². The Kier molecular flexibility index (Phi) is 7.58. The molecule has 16 heavy (non-hydrogen) atoms. The highest BCUT2D eigenvalue weighted by molar-refractivity contribution is 4.87. The van der Waals surface area contributed by atoms with Crippen molar-refractivity contribution >= 4 is 0 Å². The molecule has 1 atom stereocenters. The summed E-state index contributed by atoms with van der Waals surface area (Å²) in [4.78, 5) is 0. The summed E-state index contributed by atoms with van der Waals surface area (Å²) in [5.41, 5.74) is 5.51. The van der Waals surface area contributed by atoms with Crippen LogP contribution in [0.25, 0.3) is 0 Å². The van der Waals surface area contributed by atoms with Gasteiger partial charge in [0.15, 0.2) is 0 Å². The lowest BCUT2D eigenvalue weighted by atomic mass is 9.76. The summed E-state index contributed by atoms with van der Waals surface area (Å²) < 4.78 is 0. The molecule has 0 aromatic rings. The third kappa shape index (κ3) is 5.16. The molecule has 0 saturated heterocycles. The van der Waals surface area contributed by atoms with Gasteiger partial charge in [0.2, 0.25) is 0 Å². The molecule has 0 aromatic heterocycles. The summed E-state index contributed by atoms with van der Waals surface area (Å²) in [5, 5.41) is 0. The zero-order valence-electron chi connectivity index (χ0n) is 11.0. The monoisotopic (exact) mass is 223 g/mol. The lowest BCUT2D eigenvalue weighted by molar-refractivity contribution is 0.233. The molecule has 1 saturated carbocycles. The van der Waals surface area contributed by atoms with Crippen molar-refractivity contribution in [1.29, 1.82) is 0 Å². The molecule has 0 radical (unpaired) electrons. The van der Waals surface area contributed by atoms with E-state index in [0.717, 1.165) is 11.8 Å². The van der Waals surface area contributed by atoms with Gasteiger partial charge in [-0.2, -0.15) is 0 Å². The summed E-state index contributed by atoms with van der Waals surface area (Å²) in [5.74, 6) is 1.94. The van der Waals surface area contributed by atoms with Crippen LogP contribution in [0.1, 0.15) is 64.7 Å². The second kappa shape index (κ2) is 8.81. The normalized spacial score (nSPS) is 20.4. The third-order valence-corrected chi connectivity index (χ3v) is 3.99. The number of hydrogen-bond donors (Lipinski definition) is 1. The van der Waals surface area contributed by atoms with Crippen LogP contribution in [-0.2, 0) is 0 Å². The first-order valence-electron chi connectivity index (χ1n) is 7.23. The Morgan fingerprint density at radius 3 is 2.56 bits per heavy atom. The van der Waals surface area contributed by atoms with Crippen molar-refractivity contribution in [2.75, 3.05) is 6.54 Å². The van der Waals surface area contributed by atoms with Gasteiger partial charge in [-0.15, -0.1) is 0 Å². The molecule has 0 amide bonds. The van der Waals surface area contributed by atoms with Crippen molar-refractivity contribution in [3.8, 4) is 0 Å². The Balaban J connectivity index is 2.37. The van der Waals surface area contributed by atoms with Crippen molar-refractivity contribution in [3.63, 3.8) is 0 Å². The van der Waals surface area contributed by atoms with Gasteiger partial charge in [0, 0.05) is 6.54 Å². The lowest BCUT2D eigenvalue weighted by Gasteiger charge is -2.29. The first kappa shape index (κ1) is 13.8. The highest BCUT2D eigenvalue weighted by Gasteiger charge is 2.21. The fourth-order valence-electron chi connectivity index (χ4n) is 2.99. The van der Waals surface area contributed by atoms with E-state index in [1.165, 1.54) is 57.8 Å². The minimum atomic E-state index is 0.700. The maximum atomic E-state index is 5.51. The van der Waals surface area contributed by atoms with E-state index in [2.05, 4.69) is 19.1 Å². The van der Waals surface area contributed by atoms with Crippen LogP contribution in [0.4, 0.5) is 0 Å². The maximum Gasteiger partial charge on any atom is 0.0106 e. The number of unbranched alkanes of at least 4 members (excludes halogenated alkanes) is 1. The Hall–Kier alpha value is -0.300. The molecule has 1 aliphatic carbocycles. The predicted octanol–water partition coefficient (Wildman–Crippen LogP) is 4.28. The van der Waals surface area contributed by atoms with E-state index in [1.54, 1.807) is 0 Å². The Labute approximate surface area is 101 Å². The van der Waals surface area contributed by atoms with Crippen LogP contribution in [0.15, 0.2) is 12.2 Å². The summed E-state index contributed by atoms with van der Waals surface area (Å²) >= 11 is 0. The molecule has 1 unspecified atom stereocenters. The van der Waals surface area contributed by atoms with E-state index in [0.29, 0.717) is 6.54 Å². The smallest absolute Gasteiger partial charge is 0.0106 e. The van der Waals surface area contributed by atoms with E-state index in [9.17, 15) is 0 Å². The van der Waals surface area contributed by atoms with Crippen molar-refractivity contribution in [3.05, 3.63) is 12.2 Å². The third-order valence-electron chi connectivity index (χ3n) is 3.99. The Morgan fingerprint density at radius 2 is 1.94 bits per heavy atom. The fourth-order valence-corrected chi connectivity index (χ4v) is 2.99. The van der Waals surface area contributed by atoms with Crippen LogP contribution >= 0.6 is 0 Å². The standard InChI is InChI=1S/C15H29N/c1-2-3-9-14(12-7-8-13-16)15-10-5-4-6-11-15/h7-8,14-15H,2-6,9-13,16H2,1H3/b8-7+. The molecule has 0 bridgehead atoms. The van der Waals surface area contributed by atoms with Crippen LogP contribution in [0.5, 0.6) is 0 Å². The van der Waals surface area contributed by atoms with Gasteiger partial charge in [-0.25, -0.2) is 0 Å². The molecule has 94 valence electrons. The Morgan fingerprint density at radius 1 is 1.19 bits per heavy atom. The fraction of sp³-hybridized carbons (Fsp3) is 0.867. The average molecular weight is 223 g/mol. The molecule has 1 aliphatic rings. The molecular weight excluding hydrogens is 194 g/mol. The molecule has 0 aliphatic heterocycles. The van der Waals surface area contributed by atoms with Crippen LogP contribution in [0.2, 0.25) is 0 Å². The van der Waals surface area contributed by atoms with E-state index in [4.69, 9.17) is 5.73 Å². The van der Waals surface area contributed by atoms with Gasteiger partial charge in [0.1, 0.15) is 0 Å². The van der Waals surface area contributed by atoms with Crippen LogP contribution in [0, 0.1) is 11.8 Å². The zero-order valence-corrected chi connectivity index (χ0v) is 11.0. The second-order valence-electron chi connectivity index (χ2n) is 5.24. The minimum Gasteiger partial charge on any atom is -0.327 e. The molecule has 1 nitrogen and oxygen atoms in total. The topological polar surface area (TPSA) is 26.0 Å². The number of allylic oxidation sites excluding steroid dienone is 1. The van der Waals surface area contributed by atoms with Gasteiger partial charge in [-0.05, 0) is 24.7 Å². The first-order valence-corrected chi connectivity index (χ1v) is 7.23.